The second-order valence-electron chi connectivity index (χ2n) is 7.42. The van der Waals surface area contributed by atoms with Crippen LogP contribution in [0.15, 0.2) is 54.7 Å². The first-order chi connectivity index (χ1) is 15.1. The molecule has 9 heteroatoms. The Hall–Kier alpha value is -3.39. The zero-order valence-electron chi connectivity index (χ0n) is 16.8. The number of carbonyl (C=O) groups is 2. The van der Waals surface area contributed by atoms with Crippen molar-refractivity contribution in [2.45, 2.75) is 19.5 Å². The van der Waals surface area contributed by atoms with Gasteiger partial charge in [-0.3, -0.25) is 14.6 Å². The molecule has 164 valence electrons. The van der Waals surface area contributed by atoms with E-state index in [0.29, 0.717) is 22.0 Å². The Morgan fingerprint density at radius 3 is 2.53 bits per heavy atom. The highest BCUT2D eigenvalue weighted by Gasteiger charge is 2.30. The minimum absolute atomic E-state index is 0.0389. The summed E-state index contributed by atoms with van der Waals surface area (Å²) in [4.78, 5) is 31.4. The average Bonchev–Trinajstić information content (AvgIpc) is 2.82. The molecule has 32 heavy (non-hydrogen) atoms. The highest BCUT2D eigenvalue weighted by molar-refractivity contribution is 6.30. The fraction of sp³-hybridized carbons (Fsp3) is 0.174. The Bertz CT molecular complexity index is 1210. The van der Waals surface area contributed by atoms with Gasteiger partial charge in [-0.15, -0.1) is 0 Å². The van der Waals surface area contributed by atoms with Gasteiger partial charge in [0.25, 0.3) is 0 Å². The third-order valence-corrected chi connectivity index (χ3v) is 5.34. The second kappa shape index (κ2) is 8.27. The Morgan fingerprint density at radius 1 is 1.12 bits per heavy atom. The summed E-state index contributed by atoms with van der Waals surface area (Å²) in [6, 6.07) is 11.1. The van der Waals surface area contributed by atoms with Crippen molar-refractivity contribution in [2.75, 3.05) is 16.8 Å². The number of hydrogen-bond acceptors (Lipinski definition) is 3. The molecule has 1 aliphatic rings. The number of carbonyl (C=O) groups excluding carboxylic acids is 2. The molecule has 0 unspecified atom stereocenters. The summed E-state index contributed by atoms with van der Waals surface area (Å²) in [5.41, 5.74) is 2.80. The molecule has 0 bridgehead atoms. The van der Waals surface area contributed by atoms with E-state index < -0.39 is 17.6 Å². The van der Waals surface area contributed by atoms with Crippen molar-refractivity contribution in [2.24, 2.45) is 0 Å². The number of nitrogens with one attached hydrogen (secondary N) is 1. The Kier molecular flexibility index (Phi) is 5.64. The van der Waals surface area contributed by atoms with Crippen LogP contribution in [0, 0.1) is 6.92 Å². The monoisotopic (exact) mass is 459 g/mol. The molecule has 2 heterocycles. The van der Waals surface area contributed by atoms with Crippen molar-refractivity contribution in [1.29, 1.82) is 0 Å². The second-order valence-corrected chi connectivity index (χ2v) is 7.86. The third-order valence-electron chi connectivity index (χ3n) is 5.11. The normalized spacial score (nSPS) is 13.3. The number of amides is 2. The molecule has 0 atom stereocenters. The van der Waals surface area contributed by atoms with Crippen molar-refractivity contribution in [3.8, 4) is 11.1 Å². The predicted octanol–water partition coefficient (Wildman–Crippen LogP) is 5.26. The number of pyridine rings is 1. The van der Waals surface area contributed by atoms with E-state index in [1.165, 1.54) is 17.0 Å². The fourth-order valence-corrected chi connectivity index (χ4v) is 3.79. The van der Waals surface area contributed by atoms with Gasteiger partial charge in [0, 0.05) is 28.2 Å². The standard InChI is InChI=1S/C23H17ClF3N3O2/c1-13-8-20-19(11-28-13)18-7-4-16(24)9-14(18)10-22(32)30(20)12-21(31)29-17-5-2-15(3-6-17)23(25,26)27/h2-9,11H,10,12H2,1H3,(H,29,31). The molecule has 5 nitrogen and oxygen atoms in total. The highest BCUT2D eigenvalue weighted by atomic mass is 35.5. The van der Waals surface area contributed by atoms with E-state index in [-0.39, 0.29) is 24.6 Å². The molecule has 0 aliphatic carbocycles. The number of halogens is 4. The van der Waals surface area contributed by atoms with Gasteiger partial charge in [-0.1, -0.05) is 17.7 Å². The van der Waals surface area contributed by atoms with Gasteiger partial charge in [-0.05, 0) is 60.5 Å². The fourth-order valence-electron chi connectivity index (χ4n) is 3.60. The van der Waals surface area contributed by atoms with Crippen molar-refractivity contribution in [1.82, 2.24) is 4.98 Å². The van der Waals surface area contributed by atoms with E-state index in [4.69, 9.17) is 11.6 Å². The number of anilines is 2. The van der Waals surface area contributed by atoms with Crippen LogP contribution in [-0.2, 0) is 22.2 Å². The molecule has 0 fully saturated rings. The molecule has 1 N–H and O–H groups in total. The molecular formula is C23H17ClF3N3O2. The molecule has 2 amide bonds. The number of rotatable bonds is 3. The maximum absolute atomic E-state index is 13.1. The highest BCUT2D eigenvalue weighted by Crippen LogP contribution is 2.38. The van der Waals surface area contributed by atoms with Gasteiger partial charge in [-0.25, -0.2) is 0 Å². The van der Waals surface area contributed by atoms with Gasteiger partial charge in [0.15, 0.2) is 0 Å². The topological polar surface area (TPSA) is 62.3 Å². The van der Waals surface area contributed by atoms with E-state index in [1.54, 1.807) is 31.3 Å². The quantitative estimate of drug-likeness (QED) is 0.581. The summed E-state index contributed by atoms with van der Waals surface area (Å²) in [6.07, 6.45) is -2.78. The first-order valence-electron chi connectivity index (χ1n) is 9.65. The average molecular weight is 460 g/mol. The Labute approximate surface area is 186 Å². The minimum Gasteiger partial charge on any atom is -0.325 e. The first kappa shape index (κ1) is 21.8. The van der Waals surface area contributed by atoms with Gasteiger partial charge >= 0.3 is 6.18 Å². The molecule has 2 aromatic carbocycles. The Morgan fingerprint density at radius 2 is 1.84 bits per heavy atom. The smallest absolute Gasteiger partial charge is 0.325 e. The number of alkyl halides is 3. The summed E-state index contributed by atoms with van der Waals surface area (Å²) < 4.78 is 38.2. The van der Waals surface area contributed by atoms with Crippen LogP contribution >= 0.6 is 11.6 Å². The lowest BCUT2D eigenvalue weighted by Crippen LogP contribution is -2.38. The molecule has 0 saturated carbocycles. The van der Waals surface area contributed by atoms with Crippen molar-refractivity contribution >= 4 is 34.8 Å². The van der Waals surface area contributed by atoms with Crippen LogP contribution in [0.5, 0.6) is 0 Å². The number of benzene rings is 2. The van der Waals surface area contributed by atoms with Crippen LogP contribution in [0.1, 0.15) is 16.8 Å². The molecular weight excluding hydrogens is 443 g/mol. The molecule has 0 spiro atoms. The molecule has 0 saturated heterocycles. The lowest BCUT2D eigenvalue weighted by Gasteiger charge is -2.23. The number of fused-ring (bicyclic) bond motifs is 3. The lowest BCUT2D eigenvalue weighted by atomic mass is 9.99. The van der Waals surface area contributed by atoms with Crippen LogP contribution in [0.4, 0.5) is 24.5 Å². The van der Waals surface area contributed by atoms with E-state index in [9.17, 15) is 22.8 Å². The van der Waals surface area contributed by atoms with Gasteiger partial charge in [0.1, 0.15) is 6.54 Å². The maximum Gasteiger partial charge on any atom is 0.416 e. The maximum atomic E-state index is 13.1. The minimum atomic E-state index is -4.46. The number of hydrogen-bond donors (Lipinski definition) is 1. The summed E-state index contributed by atoms with van der Waals surface area (Å²) in [5.74, 6) is -0.844. The lowest BCUT2D eigenvalue weighted by molar-refractivity contribution is -0.137. The summed E-state index contributed by atoms with van der Waals surface area (Å²) in [7, 11) is 0. The van der Waals surface area contributed by atoms with Gasteiger partial charge in [0.2, 0.25) is 11.8 Å². The van der Waals surface area contributed by atoms with Crippen LogP contribution in [-0.4, -0.2) is 23.3 Å². The zero-order chi connectivity index (χ0) is 23.0. The molecule has 1 aromatic heterocycles. The van der Waals surface area contributed by atoms with Crippen molar-refractivity contribution < 1.29 is 22.8 Å². The number of aryl methyl sites for hydroxylation is 1. The SMILES string of the molecule is Cc1cc2c(cn1)-c1ccc(Cl)cc1CC(=O)N2CC(=O)Nc1ccc(C(F)(F)F)cc1. The number of nitrogens with zero attached hydrogens (tertiary/aromatic N) is 2. The first-order valence-corrected chi connectivity index (χ1v) is 10.0. The summed E-state index contributed by atoms with van der Waals surface area (Å²) >= 11 is 6.11. The van der Waals surface area contributed by atoms with Gasteiger partial charge < -0.3 is 10.2 Å². The van der Waals surface area contributed by atoms with Gasteiger partial charge in [-0.2, -0.15) is 13.2 Å². The summed E-state index contributed by atoms with van der Waals surface area (Å²) in [6.45, 7) is 1.47. The predicted molar refractivity (Wildman–Crippen MR) is 116 cm³/mol. The Balaban J connectivity index is 1.62. The molecule has 4 rings (SSSR count). The zero-order valence-corrected chi connectivity index (χ0v) is 17.6. The van der Waals surface area contributed by atoms with E-state index in [0.717, 1.165) is 23.3 Å². The molecule has 3 aromatic rings. The van der Waals surface area contributed by atoms with E-state index >= 15 is 0 Å². The summed E-state index contributed by atoms with van der Waals surface area (Å²) in [5, 5.41) is 3.04. The largest absolute Gasteiger partial charge is 0.416 e. The molecule has 1 aliphatic heterocycles. The molecule has 0 radical (unpaired) electrons. The number of aromatic nitrogens is 1. The van der Waals surface area contributed by atoms with Crippen LogP contribution in [0.25, 0.3) is 11.1 Å². The van der Waals surface area contributed by atoms with Crippen LogP contribution < -0.4 is 10.2 Å². The third kappa shape index (κ3) is 4.45. The van der Waals surface area contributed by atoms with Crippen LogP contribution in [0.3, 0.4) is 0 Å². The van der Waals surface area contributed by atoms with Crippen molar-refractivity contribution in [3.05, 3.63) is 76.6 Å². The van der Waals surface area contributed by atoms with Crippen molar-refractivity contribution in [3.63, 3.8) is 0 Å². The van der Waals surface area contributed by atoms with Gasteiger partial charge in [0.05, 0.1) is 17.7 Å². The van der Waals surface area contributed by atoms with Crippen LogP contribution in [0.2, 0.25) is 5.02 Å². The van der Waals surface area contributed by atoms with E-state index in [2.05, 4.69) is 10.3 Å². The van der Waals surface area contributed by atoms with E-state index in [1.807, 2.05) is 6.07 Å².